The molecule has 0 saturated heterocycles. The molecule has 1 amide bonds. The van der Waals surface area contributed by atoms with Crippen LogP contribution in [0.3, 0.4) is 0 Å². The molecule has 0 aliphatic rings. The molecule has 7 heteroatoms. The molecule has 0 saturated carbocycles. The van der Waals surface area contributed by atoms with Crippen molar-refractivity contribution in [3.63, 3.8) is 0 Å². The van der Waals surface area contributed by atoms with Crippen LogP contribution >= 0.6 is 0 Å². The molecule has 0 aliphatic heterocycles. The molecule has 4 rings (SSSR count). The highest BCUT2D eigenvalue weighted by Crippen LogP contribution is 2.24. The van der Waals surface area contributed by atoms with Crippen LogP contribution in [0.4, 0.5) is 11.4 Å². The topological polar surface area (TPSA) is 84.5 Å². The van der Waals surface area contributed by atoms with E-state index in [-0.39, 0.29) is 10.8 Å². The number of carbonyl (C=O) groups excluding carboxylic acids is 1. The molecular formula is C28H26N2O4S. The SMILES string of the molecule is Cc1ccc(S(=O)(=O)Nc2cccc(C(=O)Nc3ccc(OCc4ccccc4)cc3)c2C)cc1. The van der Waals surface area contributed by atoms with E-state index in [9.17, 15) is 13.2 Å². The quantitative estimate of drug-likeness (QED) is 0.323. The predicted octanol–water partition coefficient (Wildman–Crippen LogP) is 5.94. The van der Waals surface area contributed by atoms with Gasteiger partial charge in [-0.2, -0.15) is 0 Å². The Kier molecular flexibility index (Phi) is 7.17. The summed E-state index contributed by atoms with van der Waals surface area (Å²) in [5, 5.41) is 2.86. The lowest BCUT2D eigenvalue weighted by Crippen LogP contribution is -2.17. The first-order chi connectivity index (χ1) is 16.8. The number of hydrogen-bond donors (Lipinski definition) is 2. The van der Waals surface area contributed by atoms with E-state index in [0.717, 1.165) is 11.1 Å². The van der Waals surface area contributed by atoms with Crippen molar-refractivity contribution in [2.24, 2.45) is 0 Å². The van der Waals surface area contributed by atoms with Gasteiger partial charge >= 0.3 is 0 Å². The lowest BCUT2D eigenvalue weighted by molar-refractivity contribution is 0.102. The van der Waals surface area contributed by atoms with Crippen molar-refractivity contribution >= 4 is 27.3 Å². The van der Waals surface area contributed by atoms with Crippen LogP contribution in [0.1, 0.15) is 27.0 Å². The Morgan fingerprint density at radius 3 is 2.17 bits per heavy atom. The summed E-state index contributed by atoms with van der Waals surface area (Å²) in [5.41, 5.74) is 3.89. The van der Waals surface area contributed by atoms with Crippen molar-refractivity contribution in [2.45, 2.75) is 25.3 Å². The molecular weight excluding hydrogens is 460 g/mol. The van der Waals surface area contributed by atoms with Gasteiger partial charge in [0.2, 0.25) is 0 Å². The zero-order valence-electron chi connectivity index (χ0n) is 19.5. The Labute approximate surface area is 205 Å². The number of nitrogens with one attached hydrogen (secondary N) is 2. The fourth-order valence-corrected chi connectivity index (χ4v) is 4.61. The molecule has 0 aromatic heterocycles. The molecule has 6 nitrogen and oxygen atoms in total. The second-order valence-corrected chi connectivity index (χ2v) is 9.83. The number of rotatable bonds is 8. The third-order valence-corrected chi connectivity index (χ3v) is 6.90. The summed E-state index contributed by atoms with van der Waals surface area (Å²) in [6.07, 6.45) is 0. The normalized spacial score (nSPS) is 11.0. The van der Waals surface area contributed by atoms with E-state index in [1.54, 1.807) is 73.7 Å². The maximum atomic E-state index is 12.9. The zero-order valence-corrected chi connectivity index (χ0v) is 20.3. The molecule has 4 aromatic carbocycles. The van der Waals surface area contributed by atoms with Crippen LogP contribution in [0.2, 0.25) is 0 Å². The predicted molar refractivity (Wildman–Crippen MR) is 138 cm³/mol. The first-order valence-corrected chi connectivity index (χ1v) is 12.6. The van der Waals surface area contributed by atoms with Crippen LogP contribution in [0.25, 0.3) is 0 Å². The van der Waals surface area contributed by atoms with Crippen LogP contribution in [0, 0.1) is 13.8 Å². The van der Waals surface area contributed by atoms with Gasteiger partial charge in [-0.15, -0.1) is 0 Å². The van der Waals surface area contributed by atoms with Gasteiger partial charge in [-0.05, 0) is 73.5 Å². The number of benzene rings is 4. The van der Waals surface area contributed by atoms with Gasteiger partial charge in [0, 0.05) is 11.3 Å². The lowest BCUT2D eigenvalue weighted by atomic mass is 10.1. The summed E-state index contributed by atoms with van der Waals surface area (Å²) < 4.78 is 34.0. The van der Waals surface area contributed by atoms with Gasteiger partial charge in [0.1, 0.15) is 12.4 Å². The second kappa shape index (κ2) is 10.4. The van der Waals surface area contributed by atoms with Gasteiger partial charge in [0.05, 0.1) is 10.6 Å². The van der Waals surface area contributed by atoms with Crippen molar-refractivity contribution in [1.29, 1.82) is 0 Å². The Morgan fingerprint density at radius 2 is 1.49 bits per heavy atom. The number of ether oxygens (including phenoxy) is 1. The van der Waals surface area contributed by atoms with Gasteiger partial charge in [0.25, 0.3) is 15.9 Å². The molecule has 0 aliphatic carbocycles. The monoisotopic (exact) mass is 486 g/mol. The third kappa shape index (κ3) is 6.07. The highest BCUT2D eigenvalue weighted by molar-refractivity contribution is 7.92. The zero-order chi connectivity index (χ0) is 24.8. The highest BCUT2D eigenvalue weighted by Gasteiger charge is 2.18. The Balaban J connectivity index is 1.43. The van der Waals surface area contributed by atoms with E-state index in [4.69, 9.17) is 4.74 Å². The fourth-order valence-electron chi connectivity index (χ4n) is 3.49. The average Bonchev–Trinajstić information content (AvgIpc) is 2.85. The van der Waals surface area contributed by atoms with E-state index in [1.807, 2.05) is 37.3 Å². The largest absolute Gasteiger partial charge is 0.489 e. The number of amides is 1. The average molecular weight is 487 g/mol. The van der Waals surface area contributed by atoms with Crippen LogP contribution in [0.5, 0.6) is 5.75 Å². The standard InChI is InChI=1S/C28H26N2O4S/c1-20-11-17-25(18-12-20)35(32,33)30-27-10-6-9-26(21(27)2)28(31)29-23-13-15-24(16-14-23)34-19-22-7-4-3-5-8-22/h3-18,30H,19H2,1-2H3,(H,29,31). The van der Waals surface area contributed by atoms with Gasteiger partial charge in [-0.25, -0.2) is 8.42 Å². The van der Waals surface area contributed by atoms with Crippen molar-refractivity contribution in [1.82, 2.24) is 0 Å². The molecule has 0 fully saturated rings. The van der Waals surface area contributed by atoms with Crippen LogP contribution in [0.15, 0.2) is 102 Å². The number of hydrogen-bond acceptors (Lipinski definition) is 4. The van der Waals surface area contributed by atoms with Crippen molar-refractivity contribution in [3.8, 4) is 5.75 Å². The molecule has 0 heterocycles. The minimum absolute atomic E-state index is 0.159. The van der Waals surface area contributed by atoms with Crippen molar-refractivity contribution in [2.75, 3.05) is 10.0 Å². The summed E-state index contributed by atoms with van der Waals surface area (Å²) in [6.45, 7) is 4.06. The Hall–Kier alpha value is -4.10. The molecule has 0 atom stereocenters. The first-order valence-electron chi connectivity index (χ1n) is 11.1. The summed E-state index contributed by atoms with van der Waals surface area (Å²) in [5.74, 6) is 0.354. The number of carbonyl (C=O) groups is 1. The number of sulfonamides is 1. The minimum Gasteiger partial charge on any atom is -0.489 e. The molecule has 0 spiro atoms. The summed E-state index contributed by atoms with van der Waals surface area (Å²) in [7, 11) is -3.78. The number of anilines is 2. The van der Waals surface area contributed by atoms with Crippen molar-refractivity contribution in [3.05, 3.63) is 119 Å². The first kappa shape index (κ1) is 24.0. The molecule has 35 heavy (non-hydrogen) atoms. The van der Waals surface area contributed by atoms with E-state index in [0.29, 0.717) is 34.9 Å². The van der Waals surface area contributed by atoms with Crippen LogP contribution < -0.4 is 14.8 Å². The Bertz CT molecular complexity index is 1420. The lowest BCUT2D eigenvalue weighted by Gasteiger charge is -2.14. The maximum absolute atomic E-state index is 12.9. The highest BCUT2D eigenvalue weighted by atomic mass is 32.2. The van der Waals surface area contributed by atoms with Crippen LogP contribution in [-0.2, 0) is 16.6 Å². The van der Waals surface area contributed by atoms with E-state index in [2.05, 4.69) is 10.0 Å². The molecule has 0 bridgehead atoms. The smallest absolute Gasteiger partial charge is 0.261 e. The summed E-state index contributed by atoms with van der Waals surface area (Å²) >= 11 is 0. The van der Waals surface area contributed by atoms with Gasteiger partial charge in [-0.1, -0.05) is 54.1 Å². The maximum Gasteiger partial charge on any atom is 0.261 e. The molecule has 0 unspecified atom stereocenters. The molecule has 4 aromatic rings. The second-order valence-electron chi connectivity index (χ2n) is 8.15. The van der Waals surface area contributed by atoms with Gasteiger partial charge < -0.3 is 10.1 Å². The van der Waals surface area contributed by atoms with Gasteiger partial charge in [0.15, 0.2) is 0 Å². The molecule has 178 valence electrons. The molecule has 0 radical (unpaired) electrons. The van der Waals surface area contributed by atoms with E-state index in [1.165, 1.54) is 0 Å². The van der Waals surface area contributed by atoms with Gasteiger partial charge in [-0.3, -0.25) is 9.52 Å². The summed E-state index contributed by atoms with van der Waals surface area (Å²) in [4.78, 5) is 13.1. The van der Waals surface area contributed by atoms with Crippen LogP contribution in [-0.4, -0.2) is 14.3 Å². The Morgan fingerprint density at radius 1 is 0.800 bits per heavy atom. The number of aryl methyl sites for hydroxylation is 1. The molecule has 2 N–H and O–H groups in total. The fraction of sp³-hybridized carbons (Fsp3) is 0.107. The van der Waals surface area contributed by atoms with E-state index < -0.39 is 10.0 Å². The summed E-state index contributed by atoms with van der Waals surface area (Å²) in [6, 6.07) is 28.5. The minimum atomic E-state index is -3.78. The van der Waals surface area contributed by atoms with Crippen molar-refractivity contribution < 1.29 is 17.9 Å². The van der Waals surface area contributed by atoms with E-state index >= 15 is 0 Å². The third-order valence-electron chi connectivity index (χ3n) is 5.51.